The molecule has 0 unspecified atom stereocenters. The Kier molecular flexibility index (Phi) is 7.04. The largest absolute Gasteiger partial charge is 0.497 e. The molecule has 5 nitrogen and oxygen atoms in total. The first-order valence-electron chi connectivity index (χ1n) is 8.72. The van der Waals surface area contributed by atoms with Crippen LogP contribution in [-0.2, 0) is 11.3 Å². The van der Waals surface area contributed by atoms with Crippen molar-refractivity contribution in [2.75, 3.05) is 33.1 Å². The van der Waals surface area contributed by atoms with E-state index in [0.717, 1.165) is 22.7 Å². The zero-order valence-electron chi connectivity index (χ0n) is 16.2. The number of anilines is 1. The molecule has 0 aliphatic carbocycles. The highest BCUT2D eigenvalue weighted by molar-refractivity contribution is 5.92. The summed E-state index contributed by atoms with van der Waals surface area (Å²) in [5, 5.41) is 2.94. The third-order valence-electron chi connectivity index (χ3n) is 4.21. The Morgan fingerprint density at radius 3 is 2.35 bits per heavy atom. The average molecular weight is 356 g/mol. The molecule has 0 aliphatic heterocycles. The van der Waals surface area contributed by atoms with Crippen molar-refractivity contribution in [2.24, 2.45) is 0 Å². The predicted octanol–water partition coefficient (Wildman–Crippen LogP) is 3.90. The zero-order valence-corrected chi connectivity index (χ0v) is 16.2. The smallest absolute Gasteiger partial charge is 0.238 e. The van der Waals surface area contributed by atoms with Crippen LogP contribution < -0.4 is 14.8 Å². The van der Waals surface area contributed by atoms with Crippen LogP contribution in [0.25, 0.3) is 0 Å². The second kappa shape index (κ2) is 9.25. The molecule has 2 rings (SSSR count). The summed E-state index contributed by atoms with van der Waals surface area (Å²) in [6.45, 7) is 5.19. The lowest BCUT2D eigenvalue weighted by molar-refractivity contribution is -0.117. The van der Waals surface area contributed by atoms with Gasteiger partial charge in [0.15, 0.2) is 0 Å². The summed E-state index contributed by atoms with van der Waals surface area (Å²) >= 11 is 0. The molecule has 0 aliphatic rings. The number of carbonyl (C=O) groups is 1. The minimum atomic E-state index is -0.0442. The first-order valence-corrected chi connectivity index (χ1v) is 8.72. The number of likely N-dealkylation sites (N-methyl/N-ethyl adjacent to an activating group) is 1. The topological polar surface area (TPSA) is 50.8 Å². The molecule has 0 saturated carbocycles. The van der Waals surface area contributed by atoms with E-state index in [9.17, 15) is 4.79 Å². The van der Waals surface area contributed by atoms with Gasteiger partial charge >= 0.3 is 0 Å². The SMILES string of the molecule is COc1ccc(CN(C)CC(=O)Nc2ccc(C(C)C)cc2)c(OC)c1. The van der Waals surface area contributed by atoms with Gasteiger partial charge in [-0.25, -0.2) is 0 Å². The molecule has 2 aromatic carbocycles. The third-order valence-corrected chi connectivity index (χ3v) is 4.21. The molecule has 140 valence electrons. The number of nitrogens with zero attached hydrogens (tertiary/aromatic N) is 1. The molecule has 0 bridgehead atoms. The van der Waals surface area contributed by atoms with Crippen molar-refractivity contribution >= 4 is 11.6 Å². The van der Waals surface area contributed by atoms with Gasteiger partial charge in [-0.15, -0.1) is 0 Å². The highest BCUT2D eigenvalue weighted by Crippen LogP contribution is 2.25. The molecule has 0 aromatic heterocycles. The third kappa shape index (κ3) is 5.49. The molecular weight excluding hydrogens is 328 g/mol. The molecule has 0 heterocycles. The number of carbonyl (C=O) groups excluding carboxylic acids is 1. The Morgan fingerprint density at radius 1 is 1.08 bits per heavy atom. The van der Waals surface area contributed by atoms with E-state index in [1.54, 1.807) is 14.2 Å². The minimum absolute atomic E-state index is 0.0442. The van der Waals surface area contributed by atoms with E-state index in [1.165, 1.54) is 5.56 Å². The maximum atomic E-state index is 12.3. The van der Waals surface area contributed by atoms with E-state index in [4.69, 9.17) is 9.47 Å². The van der Waals surface area contributed by atoms with Crippen LogP contribution in [0, 0.1) is 0 Å². The normalized spacial score (nSPS) is 10.9. The molecule has 2 aromatic rings. The molecule has 0 fully saturated rings. The molecule has 0 radical (unpaired) electrons. The van der Waals surface area contributed by atoms with Gasteiger partial charge in [-0.1, -0.05) is 32.0 Å². The summed E-state index contributed by atoms with van der Waals surface area (Å²) < 4.78 is 10.6. The first-order chi connectivity index (χ1) is 12.4. The second-order valence-electron chi connectivity index (χ2n) is 6.67. The summed E-state index contributed by atoms with van der Waals surface area (Å²) in [4.78, 5) is 14.2. The quantitative estimate of drug-likeness (QED) is 0.779. The van der Waals surface area contributed by atoms with Crippen LogP contribution >= 0.6 is 0 Å². The maximum Gasteiger partial charge on any atom is 0.238 e. The Hall–Kier alpha value is -2.53. The maximum absolute atomic E-state index is 12.3. The number of amides is 1. The fraction of sp³-hybridized carbons (Fsp3) is 0.381. The lowest BCUT2D eigenvalue weighted by atomic mass is 10.0. The van der Waals surface area contributed by atoms with Gasteiger partial charge in [0.1, 0.15) is 11.5 Å². The van der Waals surface area contributed by atoms with Gasteiger partial charge in [0.2, 0.25) is 5.91 Å². The van der Waals surface area contributed by atoms with Crippen LogP contribution in [0.3, 0.4) is 0 Å². The predicted molar refractivity (Wildman–Crippen MR) is 105 cm³/mol. The van der Waals surface area contributed by atoms with Gasteiger partial charge in [-0.2, -0.15) is 0 Å². The summed E-state index contributed by atoms with van der Waals surface area (Å²) in [6, 6.07) is 13.7. The number of benzene rings is 2. The number of hydrogen-bond acceptors (Lipinski definition) is 4. The van der Waals surface area contributed by atoms with Crippen molar-refractivity contribution in [2.45, 2.75) is 26.3 Å². The number of hydrogen-bond donors (Lipinski definition) is 1. The van der Waals surface area contributed by atoms with Crippen LogP contribution in [0.1, 0.15) is 30.9 Å². The van der Waals surface area contributed by atoms with Crippen molar-refractivity contribution in [3.63, 3.8) is 0 Å². The van der Waals surface area contributed by atoms with Crippen molar-refractivity contribution < 1.29 is 14.3 Å². The molecule has 26 heavy (non-hydrogen) atoms. The van der Waals surface area contributed by atoms with Crippen LogP contribution in [0.5, 0.6) is 11.5 Å². The van der Waals surface area contributed by atoms with Gasteiger partial charge in [-0.05, 0) is 36.7 Å². The summed E-state index contributed by atoms with van der Waals surface area (Å²) in [7, 11) is 5.16. The van der Waals surface area contributed by atoms with E-state index in [1.807, 2.05) is 54.4 Å². The number of nitrogens with one attached hydrogen (secondary N) is 1. The molecule has 1 amide bonds. The Labute approximate surface area is 155 Å². The van der Waals surface area contributed by atoms with E-state index in [-0.39, 0.29) is 5.91 Å². The highest BCUT2D eigenvalue weighted by Gasteiger charge is 2.11. The first kappa shape index (κ1) is 19.8. The minimum Gasteiger partial charge on any atom is -0.497 e. The second-order valence-corrected chi connectivity index (χ2v) is 6.67. The van der Waals surface area contributed by atoms with Crippen LogP contribution in [0.2, 0.25) is 0 Å². The molecular formula is C21H28N2O3. The Balaban J connectivity index is 1.92. The molecule has 1 N–H and O–H groups in total. The van der Waals surface area contributed by atoms with Gasteiger partial charge in [0.25, 0.3) is 0 Å². The Morgan fingerprint density at radius 2 is 1.77 bits per heavy atom. The van der Waals surface area contributed by atoms with Crippen LogP contribution in [-0.4, -0.2) is 38.6 Å². The highest BCUT2D eigenvalue weighted by atomic mass is 16.5. The van der Waals surface area contributed by atoms with Crippen LogP contribution in [0.15, 0.2) is 42.5 Å². The molecule has 0 saturated heterocycles. The lowest BCUT2D eigenvalue weighted by Gasteiger charge is -2.18. The van der Waals surface area contributed by atoms with Crippen LogP contribution in [0.4, 0.5) is 5.69 Å². The fourth-order valence-electron chi connectivity index (χ4n) is 2.73. The van der Waals surface area contributed by atoms with Crippen molar-refractivity contribution in [1.82, 2.24) is 4.90 Å². The van der Waals surface area contributed by atoms with Gasteiger partial charge < -0.3 is 14.8 Å². The number of methoxy groups -OCH3 is 2. The monoisotopic (exact) mass is 356 g/mol. The number of ether oxygens (including phenoxy) is 2. The van der Waals surface area contributed by atoms with E-state index >= 15 is 0 Å². The molecule has 0 spiro atoms. The zero-order chi connectivity index (χ0) is 19.1. The lowest BCUT2D eigenvalue weighted by Crippen LogP contribution is -2.30. The fourth-order valence-corrected chi connectivity index (χ4v) is 2.73. The van der Waals surface area contributed by atoms with Crippen molar-refractivity contribution in [1.29, 1.82) is 0 Å². The summed E-state index contributed by atoms with van der Waals surface area (Å²) in [5.41, 5.74) is 3.08. The molecule has 0 atom stereocenters. The van der Waals surface area contributed by atoms with E-state index < -0.39 is 0 Å². The standard InChI is InChI=1S/C21H28N2O3/c1-15(2)16-6-9-18(10-7-16)22-21(24)14-23(3)13-17-8-11-19(25-4)12-20(17)26-5/h6-12,15H,13-14H2,1-5H3,(H,22,24). The van der Waals surface area contributed by atoms with E-state index in [0.29, 0.717) is 19.0 Å². The van der Waals surface area contributed by atoms with Gasteiger partial charge in [-0.3, -0.25) is 9.69 Å². The van der Waals surface area contributed by atoms with E-state index in [2.05, 4.69) is 19.2 Å². The average Bonchev–Trinajstić information content (AvgIpc) is 2.62. The van der Waals surface area contributed by atoms with Gasteiger partial charge in [0.05, 0.1) is 20.8 Å². The number of rotatable bonds is 8. The summed E-state index contributed by atoms with van der Waals surface area (Å²) in [5.74, 6) is 1.93. The Bertz CT molecular complexity index is 727. The molecule has 5 heteroatoms. The summed E-state index contributed by atoms with van der Waals surface area (Å²) in [6.07, 6.45) is 0. The van der Waals surface area contributed by atoms with Gasteiger partial charge in [0, 0.05) is 23.9 Å². The van der Waals surface area contributed by atoms with Crippen molar-refractivity contribution in [3.05, 3.63) is 53.6 Å². The van der Waals surface area contributed by atoms with Crippen molar-refractivity contribution in [3.8, 4) is 11.5 Å².